The maximum Gasteiger partial charge on any atom is 0.322 e. The van der Waals surface area contributed by atoms with Crippen LogP contribution in [-0.4, -0.2) is 43.1 Å². The van der Waals surface area contributed by atoms with Gasteiger partial charge in [0.15, 0.2) is 0 Å². The first-order chi connectivity index (χ1) is 17.5. The van der Waals surface area contributed by atoms with Gasteiger partial charge in [0.1, 0.15) is 0 Å². The molecule has 0 aliphatic carbocycles. The van der Waals surface area contributed by atoms with Crippen molar-refractivity contribution in [1.29, 1.82) is 0 Å². The largest absolute Gasteiger partial charge is 0.466 e. The average Bonchev–Trinajstić information content (AvgIpc) is 2.85. The van der Waals surface area contributed by atoms with Crippen molar-refractivity contribution in [2.45, 2.75) is 59.4 Å². The van der Waals surface area contributed by atoms with Crippen molar-refractivity contribution in [3.8, 4) is 0 Å². The number of ether oxygens (including phenoxy) is 1. The van der Waals surface area contributed by atoms with Gasteiger partial charge in [0.05, 0.1) is 18.6 Å². The van der Waals surface area contributed by atoms with Crippen LogP contribution in [0.1, 0.15) is 58.6 Å². The van der Waals surface area contributed by atoms with E-state index >= 15 is 0 Å². The lowest BCUT2D eigenvalue weighted by molar-refractivity contribution is -0.143. The summed E-state index contributed by atoms with van der Waals surface area (Å²) in [5, 5.41) is 11.1. The third kappa shape index (κ3) is 8.05. The Labute approximate surface area is 222 Å². The monoisotopic (exact) mass is 530 g/mol. The van der Waals surface area contributed by atoms with E-state index in [4.69, 9.17) is 27.4 Å². The van der Waals surface area contributed by atoms with Gasteiger partial charge in [0.2, 0.25) is 0 Å². The number of hydrogen-bond acceptors (Lipinski definition) is 5. The van der Waals surface area contributed by atoms with Gasteiger partial charge in [0, 0.05) is 40.7 Å². The fourth-order valence-corrected chi connectivity index (χ4v) is 4.55. The highest BCUT2D eigenvalue weighted by Gasteiger charge is 2.40. The zero-order valence-electron chi connectivity index (χ0n) is 22.1. The van der Waals surface area contributed by atoms with Crippen molar-refractivity contribution in [2.75, 3.05) is 26.2 Å². The standard InChI is InChI=1S/C25H35ClN8O3/c1-6-37-22(35)10-12-34-15-20(17(2)14-29-32-27)25(5,31-23(34)36)19-8-7-18(21(26)13-19)9-11-24(3,4)16-30-33-28/h7-8,13,15,17H,6,9-12,14,16H2,1-5H3,(H,31,36)/t17?,25-/m0/s1. The number of hydrogen-bond donors (Lipinski definition) is 1. The van der Waals surface area contributed by atoms with E-state index in [1.807, 2.05) is 45.9 Å². The summed E-state index contributed by atoms with van der Waals surface area (Å²) in [5.74, 6) is -0.586. The summed E-state index contributed by atoms with van der Waals surface area (Å²) in [6.45, 7) is 10.6. The van der Waals surface area contributed by atoms with E-state index in [1.54, 1.807) is 13.1 Å². The highest BCUT2D eigenvalue weighted by atomic mass is 35.5. The number of benzene rings is 1. The number of halogens is 1. The molecule has 0 radical (unpaired) electrons. The average molecular weight is 531 g/mol. The van der Waals surface area contributed by atoms with Crippen LogP contribution in [0, 0.1) is 11.3 Å². The Kier molecular flexibility index (Phi) is 10.7. The molecule has 200 valence electrons. The Balaban J connectivity index is 2.36. The van der Waals surface area contributed by atoms with Crippen molar-refractivity contribution in [1.82, 2.24) is 10.2 Å². The molecule has 2 atom stereocenters. The summed E-state index contributed by atoms with van der Waals surface area (Å²) < 4.78 is 4.98. The van der Waals surface area contributed by atoms with Gasteiger partial charge in [-0.3, -0.25) is 4.79 Å². The minimum absolute atomic E-state index is 0.0586. The van der Waals surface area contributed by atoms with Gasteiger partial charge in [-0.15, -0.1) is 0 Å². The van der Waals surface area contributed by atoms with E-state index in [0.29, 0.717) is 18.0 Å². The molecule has 0 saturated carbocycles. The van der Waals surface area contributed by atoms with Crippen molar-refractivity contribution in [2.24, 2.45) is 21.6 Å². The zero-order chi connectivity index (χ0) is 27.6. The molecule has 1 aromatic rings. The van der Waals surface area contributed by atoms with Crippen LogP contribution in [0.25, 0.3) is 20.9 Å². The lowest BCUT2D eigenvalue weighted by atomic mass is 9.77. The third-order valence-electron chi connectivity index (χ3n) is 6.57. The molecule has 0 saturated heterocycles. The smallest absolute Gasteiger partial charge is 0.322 e. The Morgan fingerprint density at radius 1 is 1.30 bits per heavy atom. The van der Waals surface area contributed by atoms with Gasteiger partial charge in [-0.05, 0) is 71.9 Å². The quantitative estimate of drug-likeness (QED) is 0.131. The molecule has 1 aliphatic heterocycles. The highest BCUT2D eigenvalue weighted by Crippen LogP contribution is 2.39. The molecular weight excluding hydrogens is 496 g/mol. The summed E-state index contributed by atoms with van der Waals surface area (Å²) in [7, 11) is 0. The van der Waals surface area contributed by atoms with E-state index in [-0.39, 0.29) is 49.5 Å². The van der Waals surface area contributed by atoms with Crippen LogP contribution in [0.15, 0.2) is 40.2 Å². The second-order valence-corrected chi connectivity index (χ2v) is 10.5. The molecule has 0 aromatic heterocycles. The molecule has 12 heteroatoms. The summed E-state index contributed by atoms with van der Waals surface area (Å²) in [5.41, 5.74) is 18.9. The van der Waals surface area contributed by atoms with Crippen LogP contribution >= 0.6 is 11.6 Å². The molecule has 2 rings (SSSR count). The molecule has 1 heterocycles. The van der Waals surface area contributed by atoms with Crippen molar-refractivity contribution >= 4 is 23.6 Å². The Morgan fingerprint density at radius 3 is 2.62 bits per heavy atom. The predicted molar refractivity (Wildman–Crippen MR) is 143 cm³/mol. The first kappa shape index (κ1) is 29.8. The summed E-state index contributed by atoms with van der Waals surface area (Å²) >= 11 is 6.69. The molecule has 0 spiro atoms. The number of azide groups is 2. The van der Waals surface area contributed by atoms with Crippen LogP contribution < -0.4 is 5.32 Å². The minimum Gasteiger partial charge on any atom is -0.466 e. The van der Waals surface area contributed by atoms with Gasteiger partial charge in [0.25, 0.3) is 0 Å². The molecule has 1 unspecified atom stereocenters. The normalized spacial score (nSPS) is 18.2. The lowest BCUT2D eigenvalue weighted by Crippen LogP contribution is -2.55. The summed E-state index contributed by atoms with van der Waals surface area (Å²) in [6.07, 6.45) is 3.27. The Bertz CT molecular complexity index is 1120. The maximum absolute atomic E-state index is 13.1. The third-order valence-corrected chi connectivity index (χ3v) is 6.92. The first-order valence-electron chi connectivity index (χ1n) is 12.2. The maximum atomic E-state index is 13.1. The molecule has 37 heavy (non-hydrogen) atoms. The molecule has 1 aliphatic rings. The highest BCUT2D eigenvalue weighted by molar-refractivity contribution is 6.31. The van der Waals surface area contributed by atoms with Crippen LogP contribution in [-0.2, 0) is 21.5 Å². The SMILES string of the molecule is CCOC(=O)CCN1C=C(C(C)CN=[N+]=[N-])[C@](C)(c2ccc(CCC(C)(C)CN=[N+]=[N-])c(Cl)c2)NC1=O. The summed E-state index contributed by atoms with van der Waals surface area (Å²) in [4.78, 5) is 32.1. The van der Waals surface area contributed by atoms with Gasteiger partial charge >= 0.3 is 12.0 Å². The van der Waals surface area contributed by atoms with Crippen molar-refractivity contribution in [3.05, 3.63) is 67.0 Å². The molecule has 1 N–H and O–H groups in total. The number of rotatable bonds is 13. The molecular formula is C25H35ClN8O3. The van der Waals surface area contributed by atoms with Gasteiger partial charge < -0.3 is 15.0 Å². The Hall–Kier alpha value is -3.39. The molecule has 1 aromatic carbocycles. The first-order valence-corrected chi connectivity index (χ1v) is 12.6. The van der Waals surface area contributed by atoms with Gasteiger partial charge in [-0.1, -0.05) is 54.7 Å². The number of carbonyl (C=O) groups is 2. The van der Waals surface area contributed by atoms with Crippen LogP contribution in [0.5, 0.6) is 0 Å². The topological polar surface area (TPSA) is 156 Å². The molecule has 0 bridgehead atoms. The Morgan fingerprint density at radius 2 is 2.00 bits per heavy atom. The number of aryl methyl sites for hydroxylation is 1. The number of carbonyl (C=O) groups excluding carboxylic acids is 2. The van der Waals surface area contributed by atoms with E-state index in [2.05, 4.69) is 25.4 Å². The van der Waals surface area contributed by atoms with E-state index in [9.17, 15) is 9.59 Å². The van der Waals surface area contributed by atoms with E-state index in [1.165, 1.54) is 4.90 Å². The summed E-state index contributed by atoms with van der Waals surface area (Å²) in [6, 6.07) is 5.37. The molecule has 0 fully saturated rings. The van der Waals surface area contributed by atoms with Gasteiger partial charge in [-0.2, -0.15) is 0 Å². The second kappa shape index (κ2) is 13.2. The zero-order valence-corrected chi connectivity index (χ0v) is 22.8. The van der Waals surface area contributed by atoms with Crippen LogP contribution in [0.4, 0.5) is 4.79 Å². The minimum atomic E-state index is -0.912. The molecule has 2 amide bonds. The fourth-order valence-electron chi connectivity index (χ4n) is 4.28. The number of urea groups is 1. The number of nitrogens with zero attached hydrogens (tertiary/aromatic N) is 7. The van der Waals surface area contributed by atoms with Crippen molar-refractivity contribution < 1.29 is 14.3 Å². The van der Waals surface area contributed by atoms with E-state index in [0.717, 1.165) is 23.1 Å². The lowest BCUT2D eigenvalue weighted by Gasteiger charge is -2.42. The van der Waals surface area contributed by atoms with Crippen LogP contribution in [0.3, 0.4) is 0 Å². The van der Waals surface area contributed by atoms with E-state index < -0.39 is 5.54 Å². The number of nitrogens with one attached hydrogen (secondary N) is 1. The fraction of sp³-hybridized carbons (Fsp3) is 0.600. The van der Waals surface area contributed by atoms with Crippen molar-refractivity contribution in [3.63, 3.8) is 0 Å². The van der Waals surface area contributed by atoms with Gasteiger partial charge in [-0.25, -0.2) is 4.79 Å². The second-order valence-electron chi connectivity index (χ2n) is 10.1. The molecule has 11 nitrogen and oxygen atoms in total. The number of amides is 2. The number of esters is 1. The van der Waals surface area contributed by atoms with Crippen LogP contribution in [0.2, 0.25) is 5.02 Å². The predicted octanol–water partition coefficient (Wildman–Crippen LogP) is 6.63.